The highest BCUT2D eigenvalue weighted by Crippen LogP contribution is 2.38. The van der Waals surface area contributed by atoms with Crippen LogP contribution in [-0.4, -0.2) is 57.1 Å². The van der Waals surface area contributed by atoms with Crippen molar-refractivity contribution in [2.45, 2.75) is 37.7 Å². The first kappa shape index (κ1) is 18.9. The van der Waals surface area contributed by atoms with E-state index in [2.05, 4.69) is 10.3 Å². The second kappa shape index (κ2) is 7.30. The molecular weight excluding hydrogens is 386 g/mol. The molecule has 156 valence electrons. The number of aromatic nitrogens is 2. The highest BCUT2D eigenvalue weighted by molar-refractivity contribution is 6.00. The molecule has 0 saturated heterocycles. The number of carbonyl (C=O) groups excluding carboxylic acids is 1. The van der Waals surface area contributed by atoms with Crippen LogP contribution in [0.3, 0.4) is 0 Å². The van der Waals surface area contributed by atoms with Gasteiger partial charge in [-0.3, -0.25) is 4.79 Å². The van der Waals surface area contributed by atoms with Gasteiger partial charge in [0.25, 0.3) is 5.91 Å². The van der Waals surface area contributed by atoms with E-state index in [1.807, 2.05) is 29.8 Å². The summed E-state index contributed by atoms with van der Waals surface area (Å²) in [7, 11) is 0. The average molecular weight is 409 g/mol. The summed E-state index contributed by atoms with van der Waals surface area (Å²) in [5, 5.41) is 25.2. The van der Waals surface area contributed by atoms with Crippen molar-refractivity contribution in [2.75, 3.05) is 13.2 Å². The minimum absolute atomic E-state index is 0.279. The van der Waals surface area contributed by atoms with Crippen LogP contribution in [0.1, 0.15) is 28.4 Å². The van der Waals surface area contributed by atoms with Gasteiger partial charge in [-0.2, -0.15) is 0 Å². The zero-order valence-corrected chi connectivity index (χ0v) is 16.5. The lowest BCUT2D eigenvalue weighted by atomic mass is 10.1. The number of ether oxygens (including phenoxy) is 2. The van der Waals surface area contributed by atoms with E-state index in [1.165, 1.54) is 0 Å². The van der Waals surface area contributed by atoms with E-state index in [9.17, 15) is 15.0 Å². The van der Waals surface area contributed by atoms with Crippen molar-refractivity contribution in [1.82, 2.24) is 14.9 Å². The Kier molecular flexibility index (Phi) is 4.60. The molecule has 5 rings (SSSR count). The summed E-state index contributed by atoms with van der Waals surface area (Å²) in [6.45, 7) is 2.80. The predicted octanol–water partition coefficient (Wildman–Crippen LogP) is 1.58. The summed E-state index contributed by atoms with van der Waals surface area (Å²) in [6.07, 6.45) is 1.16. The number of hydrogen-bond acceptors (Lipinski definition) is 6. The Morgan fingerprint density at radius 2 is 2.10 bits per heavy atom. The van der Waals surface area contributed by atoms with Gasteiger partial charge in [-0.1, -0.05) is 6.07 Å². The first-order valence-corrected chi connectivity index (χ1v) is 10.0. The van der Waals surface area contributed by atoms with Gasteiger partial charge in [-0.25, -0.2) is 4.98 Å². The number of nitrogens with zero attached hydrogens (tertiary/aromatic N) is 2. The van der Waals surface area contributed by atoms with Gasteiger partial charge in [-0.05, 0) is 36.8 Å². The molecule has 3 aromatic rings. The number of nitrogens with one attached hydrogen (secondary N) is 1. The fourth-order valence-corrected chi connectivity index (χ4v) is 4.35. The van der Waals surface area contributed by atoms with Gasteiger partial charge in [-0.15, -0.1) is 0 Å². The van der Waals surface area contributed by atoms with Gasteiger partial charge >= 0.3 is 0 Å². The first-order valence-electron chi connectivity index (χ1n) is 10.0. The molecule has 8 heteroatoms. The van der Waals surface area contributed by atoms with Crippen LogP contribution in [0.2, 0.25) is 0 Å². The summed E-state index contributed by atoms with van der Waals surface area (Å²) in [5.41, 5.74) is 2.16. The molecule has 4 unspecified atom stereocenters. The lowest BCUT2D eigenvalue weighted by molar-refractivity contribution is -0.0165. The van der Waals surface area contributed by atoms with Gasteiger partial charge in [0.1, 0.15) is 47.6 Å². The minimum atomic E-state index is -1.11. The highest BCUT2D eigenvalue weighted by Gasteiger charge is 2.45. The topological polar surface area (TPSA) is 106 Å². The Hall–Kier alpha value is -3.10. The third-order valence-electron chi connectivity index (χ3n) is 5.93. The van der Waals surface area contributed by atoms with Crippen LogP contribution in [-0.2, 0) is 0 Å². The van der Waals surface area contributed by atoms with E-state index in [1.54, 1.807) is 24.4 Å². The number of pyridine rings is 1. The molecule has 8 nitrogen and oxygen atoms in total. The van der Waals surface area contributed by atoms with Crippen molar-refractivity contribution in [3.8, 4) is 11.5 Å². The molecule has 0 bridgehead atoms. The van der Waals surface area contributed by atoms with Gasteiger partial charge < -0.3 is 29.6 Å². The fraction of sp³-hybridized carbons (Fsp3) is 0.364. The normalized spacial score (nSPS) is 26.0. The van der Waals surface area contributed by atoms with Crippen molar-refractivity contribution in [3.05, 3.63) is 53.9 Å². The highest BCUT2D eigenvalue weighted by atomic mass is 16.5. The maximum Gasteiger partial charge on any atom is 0.258 e. The average Bonchev–Trinajstić information content (AvgIpc) is 3.21. The molecule has 1 fully saturated rings. The van der Waals surface area contributed by atoms with Crippen LogP contribution < -0.4 is 14.8 Å². The van der Waals surface area contributed by atoms with Crippen molar-refractivity contribution >= 4 is 16.9 Å². The second-order valence-corrected chi connectivity index (χ2v) is 7.76. The van der Waals surface area contributed by atoms with Crippen molar-refractivity contribution < 1.29 is 24.5 Å². The molecule has 1 aromatic carbocycles. The summed E-state index contributed by atoms with van der Waals surface area (Å²) >= 11 is 0. The largest absolute Gasteiger partial charge is 0.491 e. The lowest BCUT2D eigenvalue weighted by Gasteiger charge is -2.20. The molecule has 4 atom stereocenters. The molecule has 3 N–H and O–H groups in total. The standard InChI is InChI=1S/C22H23N3O5/c1-12-5-7-23-21-13(12)6-9-25(21)14-11-17(20(27)19(14)26)30-16-4-2-3-15-18(16)22(28)24-8-10-29-15/h2-7,9,14,17,19-20,26-27H,8,10-11H2,1H3,(H,24,28). The number of amides is 1. The van der Waals surface area contributed by atoms with E-state index in [4.69, 9.17) is 9.47 Å². The van der Waals surface area contributed by atoms with E-state index in [-0.39, 0.29) is 5.91 Å². The lowest BCUT2D eigenvalue weighted by Crippen LogP contribution is -2.34. The quantitative estimate of drug-likeness (QED) is 0.607. The second-order valence-electron chi connectivity index (χ2n) is 7.76. The molecule has 1 amide bonds. The van der Waals surface area contributed by atoms with Gasteiger partial charge in [0.15, 0.2) is 0 Å². The molecular formula is C22H23N3O5. The Bertz CT molecular complexity index is 1110. The summed E-state index contributed by atoms with van der Waals surface area (Å²) in [4.78, 5) is 16.9. The number of benzene rings is 1. The number of fused-ring (bicyclic) bond motifs is 2. The van der Waals surface area contributed by atoms with E-state index < -0.39 is 24.4 Å². The Balaban J connectivity index is 1.45. The third-order valence-corrected chi connectivity index (χ3v) is 5.93. The Labute approximate surface area is 173 Å². The van der Waals surface area contributed by atoms with Crippen LogP contribution in [0.15, 0.2) is 42.7 Å². The van der Waals surface area contributed by atoms with Crippen molar-refractivity contribution in [2.24, 2.45) is 0 Å². The maximum absolute atomic E-state index is 12.5. The number of carbonyl (C=O) groups is 1. The van der Waals surface area contributed by atoms with Crippen LogP contribution in [0.25, 0.3) is 11.0 Å². The zero-order valence-electron chi connectivity index (χ0n) is 16.5. The smallest absolute Gasteiger partial charge is 0.258 e. The van der Waals surface area contributed by atoms with E-state index >= 15 is 0 Å². The summed E-state index contributed by atoms with van der Waals surface area (Å²) in [5.74, 6) is 0.497. The fourth-order valence-electron chi connectivity index (χ4n) is 4.35. The number of rotatable bonds is 3. The Morgan fingerprint density at radius 1 is 1.23 bits per heavy atom. The molecule has 1 saturated carbocycles. The zero-order chi connectivity index (χ0) is 20.8. The molecule has 0 spiro atoms. The van der Waals surface area contributed by atoms with Crippen LogP contribution >= 0.6 is 0 Å². The van der Waals surface area contributed by atoms with E-state index in [0.29, 0.717) is 36.6 Å². The molecule has 2 aliphatic rings. The third kappa shape index (κ3) is 3.00. The minimum Gasteiger partial charge on any atom is -0.491 e. The van der Waals surface area contributed by atoms with Gasteiger partial charge in [0.2, 0.25) is 0 Å². The molecule has 0 radical (unpaired) electrons. The maximum atomic E-state index is 12.5. The molecule has 30 heavy (non-hydrogen) atoms. The van der Waals surface area contributed by atoms with E-state index in [0.717, 1.165) is 16.6 Å². The van der Waals surface area contributed by atoms with Gasteiger partial charge in [0, 0.05) is 24.2 Å². The monoisotopic (exact) mass is 409 g/mol. The molecule has 3 heterocycles. The van der Waals surface area contributed by atoms with Crippen molar-refractivity contribution in [1.29, 1.82) is 0 Å². The van der Waals surface area contributed by atoms with Crippen LogP contribution in [0.5, 0.6) is 11.5 Å². The summed E-state index contributed by atoms with van der Waals surface area (Å²) in [6, 6.07) is 8.64. The van der Waals surface area contributed by atoms with Crippen LogP contribution in [0, 0.1) is 6.92 Å². The molecule has 1 aliphatic heterocycles. The number of aliphatic hydroxyl groups is 2. The first-order chi connectivity index (χ1) is 14.5. The number of hydrogen-bond donors (Lipinski definition) is 3. The SMILES string of the molecule is Cc1ccnc2c1ccn2C1CC(Oc2cccc3c2C(=O)NCCO3)C(O)C1O. The summed E-state index contributed by atoms with van der Waals surface area (Å²) < 4.78 is 13.6. The number of aryl methyl sites for hydroxylation is 1. The number of aliphatic hydroxyl groups excluding tert-OH is 2. The molecule has 1 aliphatic carbocycles. The Morgan fingerprint density at radius 3 is 2.97 bits per heavy atom. The van der Waals surface area contributed by atoms with Gasteiger partial charge in [0.05, 0.1) is 12.6 Å². The van der Waals surface area contributed by atoms with Crippen molar-refractivity contribution in [3.63, 3.8) is 0 Å². The molecule has 2 aromatic heterocycles. The van der Waals surface area contributed by atoms with Crippen LogP contribution in [0.4, 0.5) is 0 Å². The predicted molar refractivity (Wildman–Crippen MR) is 109 cm³/mol.